The summed E-state index contributed by atoms with van der Waals surface area (Å²) in [6, 6.07) is 6.58. The molecule has 1 aliphatic carbocycles. The van der Waals surface area contributed by atoms with Crippen LogP contribution in [0.5, 0.6) is 11.5 Å². The third kappa shape index (κ3) is 2.76. The fourth-order valence-corrected chi connectivity index (χ4v) is 4.49. The molecule has 21 heavy (non-hydrogen) atoms. The molecule has 1 heterocycles. The number of hydrogen-bond donors (Lipinski definition) is 1. The van der Waals surface area contributed by atoms with Gasteiger partial charge >= 0.3 is 0 Å². The fraction of sp³-hybridized carbons (Fsp3) is 0.667. The standard InChI is InChI=1S/C18H27NO2/c1-12-7-13(2)10-18(9-12)11-16(19-3)15-6-5-14(20-4)8-17(15)21-18/h5-6,8,12-13,16,19H,7,9-11H2,1-4H3. The van der Waals surface area contributed by atoms with Gasteiger partial charge in [0, 0.05) is 24.1 Å². The number of methoxy groups -OCH3 is 1. The molecule has 0 bridgehead atoms. The Morgan fingerprint density at radius 3 is 2.52 bits per heavy atom. The van der Waals surface area contributed by atoms with Crippen LogP contribution >= 0.6 is 0 Å². The zero-order valence-corrected chi connectivity index (χ0v) is 13.6. The fourth-order valence-electron chi connectivity index (χ4n) is 4.49. The third-order valence-corrected chi connectivity index (χ3v) is 5.09. The number of benzene rings is 1. The van der Waals surface area contributed by atoms with Gasteiger partial charge in [0.2, 0.25) is 0 Å². The maximum Gasteiger partial charge on any atom is 0.128 e. The van der Waals surface area contributed by atoms with E-state index in [4.69, 9.17) is 9.47 Å². The van der Waals surface area contributed by atoms with Crippen molar-refractivity contribution in [3.8, 4) is 11.5 Å². The van der Waals surface area contributed by atoms with E-state index in [1.54, 1.807) is 7.11 Å². The van der Waals surface area contributed by atoms with E-state index >= 15 is 0 Å². The van der Waals surface area contributed by atoms with Crippen molar-refractivity contribution < 1.29 is 9.47 Å². The second-order valence-electron chi connectivity index (χ2n) is 7.09. The van der Waals surface area contributed by atoms with Crippen LogP contribution in [-0.2, 0) is 0 Å². The highest BCUT2D eigenvalue weighted by Crippen LogP contribution is 2.49. The first kappa shape index (κ1) is 14.7. The van der Waals surface area contributed by atoms with Crippen molar-refractivity contribution >= 4 is 0 Å². The lowest BCUT2D eigenvalue weighted by atomic mass is 9.69. The number of fused-ring (bicyclic) bond motifs is 1. The van der Waals surface area contributed by atoms with Gasteiger partial charge in [-0.15, -0.1) is 0 Å². The molecular weight excluding hydrogens is 262 g/mol. The minimum atomic E-state index is -0.00980. The van der Waals surface area contributed by atoms with Gasteiger partial charge in [0.1, 0.15) is 17.1 Å². The van der Waals surface area contributed by atoms with Crippen molar-refractivity contribution in [3.05, 3.63) is 23.8 Å². The molecule has 0 aromatic heterocycles. The Kier molecular flexibility index (Phi) is 3.87. The Morgan fingerprint density at radius 1 is 1.19 bits per heavy atom. The van der Waals surface area contributed by atoms with Gasteiger partial charge in [-0.25, -0.2) is 0 Å². The first-order chi connectivity index (χ1) is 10.0. The molecule has 1 aromatic carbocycles. The molecule has 3 heteroatoms. The molecule has 116 valence electrons. The number of rotatable bonds is 2. The van der Waals surface area contributed by atoms with Crippen molar-refractivity contribution in [1.29, 1.82) is 0 Å². The second-order valence-corrected chi connectivity index (χ2v) is 7.09. The van der Waals surface area contributed by atoms with Crippen LogP contribution in [0.4, 0.5) is 0 Å². The Morgan fingerprint density at radius 2 is 1.90 bits per heavy atom. The highest BCUT2D eigenvalue weighted by Gasteiger charge is 2.45. The van der Waals surface area contributed by atoms with Crippen molar-refractivity contribution in [2.45, 2.75) is 51.2 Å². The minimum absolute atomic E-state index is 0.00980. The van der Waals surface area contributed by atoms with Crippen LogP contribution in [0, 0.1) is 11.8 Å². The quantitative estimate of drug-likeness (QED) is 0.894. The molecule has 1 aromatic rings. The Labute approximate surface area is 128 Å². The molecule has 0 amide bonds. The van der Waals surface area contributed by atoms with Gasteiger partial charge in [0.05, 0.1) is 7.11 Å². The summed E-state index contributed by atoms with van der Waals surface area (Å²) in [6.45, 7) is 4.71. The summed E-state index contributed by atoms with van der Waals surface area (Å²) in [4.78, 5) is 0. The SMILES string of the molecule is CNC1CC2(CC(C)CC(C)C2)Oc2cc(OC)ccc21. The van der Waals surface area contributed by atoms with E-state index < -0.39 is 0 Å². The number of ether oxygens (including phenoxy) is 2. The molecule has 1 aliphatic heterocycles. The smallest absolute Gasteiger partial charge is 0.128 e. The Bertz CT molecular complexity index is 504. The summed E-state index contributed by atoms with van der Waals surface area (Å²) >= 11 is 0. The van der Waals surface area contributed by atoms with Crippen LogP contribution < -0.4 is 14.8 Å². The summed E-state index contributed by atoms with van der Waals surface area (Å²) in [5.74, 6) is 3.34. The molecule has 1 saturated carbocycles. The molecule has 1 fully saturated rings. The van der Waals surface area contributed by atoms with E-state index in [-0.39, 0.29) is 5.60 Å². The minimum Gasteiger partial charge on any atom is -0.497 e. The molecule has 3 atom stereocenters. The van der Waals surface area contributed by atoms with E-state index in [1.165, 1.54) is 12.0 Å². The van der Waals surface area contributed by atoms with Crippen molar-refractivity contribution in [1.82, 2.24) is 5.32 Å². The predicted molar refractivity (Wildman–Crippen MR) is 84.9 cm³/mol. The van der Waals surface area contributed by atoms with Crippen molar-refractivity contribution in [2.24, 2.45) is 11.8 Å². The molecular formula is C18H27NO2. The molecule has 3 unspecified atom stereocenters. The van der Waals surface area contributed by atoms with Gasteiger partial charge in [-0.3, -0.25) is 0 Å². The van der Waals surface area contributed by atoms with E-state index in [0.29, 0.717) is 6.04 Å². The average molecular weight is 289 g/mol. The maximum atomic E-state index is 6.56. The van der Waals surface area contributed by atoms with Crippen molar-refractivity contribution in [2.75, 3.05) is 14.2 Å². The zero-order valence-electron chi connectivity index (χ0n) is 13.6. The van der Waals surface area contributed by atoms with Gasteiger partial charge in [-0.05, 0) is 44.2 Å². The van der Waals surface area contributed by atoms with Crippen LogP contribution in [0.3, 0.4) is 0 Å². The molecule has 3 nitrogen and oxygen atoms in total. The Balaban J connectivity index is 1.96. The largest absolute Gasteiger partial charge is 0.497 e. The lowest BCUT2D eigenvalue weighted by Crippen LogP contribution is -2.48. The summed E-state index contributed by atoms with van der Waals surface area (Å²) in [5, 5.41) is 3.48. The van der Waals surface area contributed by atoms with Gasteiger partial charge in [-0.2, -0.15) is 0 Å². The van der Waals surface area contributed by atoms with Crippen LogP contribution in [0.15, 0.2) is 18.2 Å². The second kappa shape index (κ2) is 5.53. The number of nitrogens with one attached hydrogen (secondary N) is 1. The predicted octanol–water partition coefficient (Wildman–Crippen LogP) is 3.93. The average Bonchev–Trinajstić information content (AvgIpc) is 2.44. The number of hydrogen-bond acceptors (Lipinski definition) is 3. The summed E-state index contributed by atoms with van der Waals surface area (Å²) < 4.78 is 11.9. The highest BCUT2D eigenvalue weighted by molar-refractivity contribution is 5.44. The zero-order chi connectivity index (χ0) is 15.0. The van der Waals surface area contributed by atoms with Gasteiger partial charge in [0.25, 0.3) is 0 Å². The van der Waals surface area contributed by atoms with E-state index in [1.807, 2.05) is 19.2 Å². The molecule has 2 aliphatic rings. The topological polar surface area (TPSA) is 30.5 Å². The summed E-state index contributed by atoms with van der Waals surface area (Å²) in [5.41, 5.74) is 1.25. The van der Waals surface area contributed by atoms with Crippen LogP contribution in [0.2, 0.25) is 0 Å². The molecule has 3 rings (SSSR count). The monoisotopic (exact) mass is 289 g/mol. The van der Waals surface area contributed by atoms with Gasteiger partial charge in [0.15, 0.2) is 0 Å². The van der Waals surface area contributed by atoms with Gasteiger partial charge in [-0.1, -0.05) is 19.9 Å². The third-order valence-electron chi connectivity index (χ3n) is 5.09. The normalized spacial score (nSPS) is 35.1. The summed E-state index contributed by atoms with van der Waals surface area (Å²) in [6.07, 6.45) is 4.70. The molecule has 1 spiro atoms. The molecule has 0 radical (unpaired) electrons. The van der Waals surface area contributed by atoms with Crippen LogP contribution in [0.25, 0.3) is 0 Å². The van der Waals surface area contributed by atoms with Crippen molar-refractivity contribution in [3.63, 3.8) is 0 Å². The maximum absolute atomic E-state index is 6.56. The van der Waals surface area contributed by atoms with Gasteiger partial charge < -0.3 is 14.8 Å². The van der Waals surface area contributed by atoms with E-state index in [9.17, 15) is 0 Å². The first-order valence-corrected chi connectivity index (χ1v) is 8.09. The Hall–Kier alpha value is -1.22. The highest BCUT2D eigenvalue weighted by atomic mass is 16.5. The first-order valence-electron chi connectivity index (χ1n) is 8.09. The van der Waals surface area contributed by atoms with E-state index in [0.717, 1.165) is 42.6 Å². The molecule has 1 N–H and O–H groups in total. The van der Waals surface area contributed by atoms with Crippen LogP contribution in [0.1, 0.15) is 51.1 Å². The van der Waals surface area contributed by atoms with E-state index in [2.05, 4.69) is 25.2 Å². The van der Waals surface area contributed by atoms with Crippen LogP contribution in [-0.4, -0.2) is 19.8 Å². The lowest BCUT2D eigenvalue weighted by molar-refractivity contribution is -0.0342. The molecule has 0 saturated heterocycles. The summed E-state index contributed by atoms with van der Waals surface area (Å²) in [7, 11) is 3.76. The lowest BCUT2D eigenvalue weighted by Gasteiger charge is -2.48.